The van der Waals surface area contributed by atoms with Crippen LogP contribution in [0.2, 0.25) is 0 Å². The van der Waals surface area contributed by atoms with Crippen LogP contribution in [0.25, 0.3) is 0 Å². The largest absolute Gasteiger partial charge is 0.348 e. The number of rotatable bonds is 5. The van der Waals surface area contributed by atoms with Gasteiger partial charge in [0.1, 0.15) is 0 Å². The maximum Gasteiger partial charge on any atom is 0.0921 e. The monoisotopic (exact) mass is 293 g/mol. The third-order valence-electron chi connectivity index (χ3n) is 2.75. The van der Waals surface area contributed by atoms with E-state index in [-0.39, 0.29) is 0 Å². The molecule has 0 aliphatic carbocycles. The summed E-state index contributed by atoms with van der Waals surface area (Å²) in [6.45, 7) is 3.12. The van der Waals surface area contributed by atoms with E-state index in [1.165, 1.54) is 11.3 Å². The highest BCUT2D eigenvalue weighted by atomic mass is 79.9. The lowest BCUT2D eigenvalue weighted by Gasteiger charge is -2.14. The first-order valence-electron chi connectivity index (χ1n) is 5.72. The van der Waals surface area contributed by atoms with Gasteiger partial charge in [0, 0.05) is 35.4 Å². The molecule has 0 saturated heterocycles. The fraction of sp³-hybridized carbons (Fsp3) is 0.308. The molecule has 1 atom stereocenters. The lowest BCUT2D eigenvalue weighted by molar-refractivity contribution is 0.574. The van der Waals surface area contributed by atoms with E-state index >= 15 is 0 Å². The van der Waals surface area contributed by atoms with E-state index in [9.17, 15) is 0 Å². The van der Waals surface area contributed by atoms with Crippen molar-refractivity contribution in [2.45, 2.75) is 19.4 Å². The second-order valence-corrected chi connectivity index (χ2v) is 4.97. The molecule has 0 aliphatic heterocycles. The summed E-state index contributed by atoms with van der Waals surface area (Å²) in [4.78, 5) is 7.10. The number of nitrogens with one attached hydrogen (secondary N) is 2. The van der Waals surface area contributed by atoms with Crippen molar-refractivity contribution in [2.75, 3.05) is 6.54 Å². The van der Waals surface area contributed by atoms with Crippen molar-refractivity contribution in [1.29, 1.82) is 0 Å². The Morgan fingerprint density at radius 3 is 3.06 bits per heavy atom. The standard InChI is InChI=1S/C13H16BrN3/c1-10(11-3-2-4-12(14)7-11)16-6-5-13-8-15-9-17-13/h2-4,7-10,16H,5-6H2,1H3,(H,15,17). The summed E-state index contributed by atoms with van der Waals surface area (Å²) < 4.78 is 1.12. The van der Waals surface area contributed by atoms with E-state index < -0.39 is 0 Å². The first-order valence-corrected chi connectivity index (χ1v) is 6.51. The summed E-state index contributed by atoms with van der Waals surface area (Å²) in [5, 5.41) is 3.50. The van der Waals surface area contributed by atoms with E-state index in [0.29, 0.717) is 6.04 Å². The third kappa shape index (κ3) is 3.68. The van der Waals surface area contributed by atoms with Gasteiger partial charge in [0.05, 0.1) is 6.33 Å². The Labute approximate surface area is 110 Å². The van der Waals surface area contributed by atoms with E-state index in [1.807, 2.05) is 12.3 Å². The summed E-state index contributed by atoms with van der Waals surface area (Å²) in [7, 11) is 0. The molecule has 1 unspecified atom stereocenters. The van der Waals surface area contributed by atoms with Crippen LogP contribution in [-0.4, -0.2) is 16.5 Å². The van der Waals surface area contributed by atoms with Gasteiger partial charge in [0.2, 0.25) is 0 Å². The van der Waals surface area contributed by atoms with Gasteiger partial charge in [-0.15, -0.1) is 0 Å². The minimum atomic E-state index is 0.357. The van der Waals surface area contributed by atoms with Crippen molar-refractivity contribution < 1.29 is 0 Å². The van der Waals surface area contributed by atoms with Gasteiger partial charge in [-0.05, 0) is 24.6 Å². The molecule has 1 heterocycles. The Kier molecular flexibility index (Phi) is 4.34. The molecule has 17 heavy (non-hydrogen) atoms. The van der Waals surface area contributed by atoms with E-state index in [1.54, 1.807) is 6.33 Å². The van der Waals surface area contributed by atoms with Crippen LogP contribution in [0.4, 0.5) is 0 Å². The van der Waals surface area contributed by atoms with E-state index in [4.69, 9.17) is 0 Å². The molecule has 0 saturated carbocycles. The predicted molar refractivity (Wildman–Crippen MR) is 72.9 cm³/mol. The number of hydrogen-bond acceptors (Lipinski definition) is 2. The number of benzene rings is 1. The first kappa shape index (κ1) is 12.3. The van der Waals surface area contributed by atoms with Crippen LogP contribution in [0.1, 0.15) is 24.2 Å². The molecular formula is C13H16BrN3. The second kappa shape index (κ2) is 5.98. The van der Waals surface area contributed by atoms with Crippen molar-refractivity contribution in [1.82, 2.24) is 15.3 Å². The highest BCUT2D eigenvalue weighted by Gasteiger charge is 2.04. The average Bonchev–Trinajstić information content (AvgIpc) is 2.82. The van der Waals surface area contributed by atoms with Crippen molar-refractivity contribution in [3.8, 4) is 0 Å². The molecule has 0 fully saturated rings. The number of nitrogens with zero attached hydrogens (tertiary/aromatic N) is 1. The van der Waals surface area contributed by atoms with Gasteiger partial charge in [-0.1, -0.05) is 28.1 Å². The number of H-pyrrole nitrogens is 1. The zero-order valence-corrected chi connectivity index (χ0v) is 11.4. The van der Waals surface area contributed by atoms with Crippen molar-refractivity contribution >= 4 is 15.9 Å². The van der Waals surface area contributed by atoms with Gasteiger partial charge in [0.15, 0.2) is 0 Å². The molecule has 1 aromatic carbocycles. The van der Waals surface area contributed by atoms with Gasteiger partial charge in [-0.3, -0.25) is 0 Å². The van der Waals surface area contributed by atoms with Crippen molar-refractivity contribution in [3.05, 3.63) is 52.5 Å². The van der Waals surface area contributed by atoms with Crippen molar-refractivity contribution in [2.24, 2.45) is 0 Å². The zero-order chi connectivity index (χ0) is 12.1. The minimum Gasteiger partial charge on any atom is -0.348 e. The molecule has 4 heteroatoms. The topological polar surface area (TPSA) is 40.7 Å². The van der Waals surface area contributed by atoms with Crippen LogP contribution in [0.3, 0.4) is 0 Å². The van der Waals surface area contributed by atoms with Crippen molar-refractivity contribution in [3.63, 3.8) is 0 Å². The number of aromatic nitrogens is 2. The van der Waals surface area contributed by atoms with Gasteiger partial charge in [-0.2, -0.15) is 0 Å². The fourth-order valence-corrected chi connectivity index (χ4v) is 2.16. The summed E-state index contributed by atoms with van der Waals surface area (Å²) in [6.07, 6.45) is 4.55. The number of halogens is 1. The van der Waals surface area contributed by atoms with E-state index in [0.717, 1.165) is 17.4 Å². The predicted octanol–water partition coefficient (Wildman–Crippen LogP) is 3.07. The fourth-order valence-electron chi connectivity index (χ4n) is 1.74. The quantitative estimate of drug-likeness (QED) is 0.889. The lowest BCUT2D eigenvalue weighted by Crippen LogP contribution is -2.21. The lowest BCUT2D eigenvalue weighted by atomic mass is 10.1. The summed E-state index contributed by atoms with van der Waals surface area (Å²) in [6, 6.07) is 8.75. The summed E-state index contributed by atoms with van der Waals surface area (Å²) in [5.74, 6) is 0. The van der Waals surface area contributed by atoms with Gasteiger partial charge >= 0.3 is 0 Å². The third-order valence-corrected chi connectivity index (χ3v) is 3.24. The van der Waals surface area contributed by atoms with Crippen LogP contribution >= 0.6 is 15.9 Å². The maximum atomic E-state index is 4.00. The highest BCUT2D eigenvalue weighted by molar-refractivity contribution is 9.10. The second-order valence-electron chi connectivity index (χ2n) is 4.06. The molecule has 0 spiro atoms. The number of hydrogen-bond donors (Lipinski definition) is 2. The van der Waals surface area contributed by atoms with E-state index in [2.05, 4.69) is 56.3 Å². The average molecular weight is 294 g/mol. The van der Waals surface area contributed by atoms with Gasteiger partial charge < -0.3 is 10.3 Å². The Balaban J connectivity index is 1.83. The molecule has 3 nitrogen and oxygen atoms in total. The normalized spacial score (nSPS) is 12.6. The molecule has 1 aromatic heterocycles. The number of aromatic amines is 1. The molecule has 0 bridgehead atoms. The molecule has 2 rings (SSSR count). The Bertz CT molecular complexity index is 453. The van der Waals surface area contributed by atoms with Crippen LogP contribution in [-0.2, 0) is 6.42 Å². The summed E-state index contributed by atoms with van der Waals surface area (Å²) in [5.41, 5.74) is 2.46. The molecule has 0 aliphatic rings. The first-order chi connectivity index (χ1) is 8.25. The Morgan fingerprint density at radius 1 is 1.47 bits per heavy atom. The SMILES string of the molecule is CC(NCCc1cnc[nH]1)c1cccc(Br)c1. The molecule has 2 aromatic rings. The molecule has 0 amide bonds. The molecule has 90 valence electrons. The van der Waals surface area contributed by atoms with Gasteiger partial charge in [0.25, 0.3) is 0 Å². The minimum absolute atomic E-state index is 0.357. The smallest absolute Gasteiger partial charge is 0.0921 e. The highest BCUT2D eigenvalue weighted by Crippen LogP contribution is 2.17. The van der Waals surface area contributed by atoms with Crippen LogP contribution in [0.5, 0.6) is 0 Å². The molecular weight excluding hydrogens is 278 g/mol. The van der Waals surface area contributed by atoms with Crippen LogP contribution in [0, 0.1) is 0 Å². The maximum absolute atomic E-state index is 4.00. The number of imidazole rings is 1. The Morgan fingerprint density at radius 2 is 2.35 bits per heavy atom. The summed E-state index contributed by atoms with van der Waals surface area (Å²) >= 11 is 3.49. The zero-order valence-electron chi connectivity index (χ0n) is 9.78. The van der Waals surface area contributed by atoms with Crippen LogP contribution < -0.4 is 5.32 Å². The Hall–Kier alpha value is -1.13. The molecule has 2 N–H and O–H groups in total. The van der Waals surface area contributed by atoms with Crippen LogP contribution in [0.15, 0.2) is 41.3 Å². The van der Waals surface area contributed by atoms with Gasteiger partial charge in [-0.25, -0.2) is 4.98 Å². The molecule has 0 radical (unpaired) electrons.